The Morgan fingerprint density at radius 2 is 2.04 bits per heavy atom. The Labute approximate surface area is 159 Å². The Hall–Kier alpha value is -2.91. The van der Waals surface area contributed by atoms with Gasteiger partial charge in [0.15, 0.2) is 0 Å². The van der Waals surface area contributed by atoms with Gasteiger partial charge in [-0.05, 0) is 38.0 Å². The minimum Gasteiger partial charge on any atom is -0.342 e. The fourth-order valence-corrected chi connectivity index (χ4v) is 3.21. The molecule has 3 heterocycles. The van der Waals surface area contributed by atoms with Gasteiger partial charge in [-0.1, -0.05) is 0 Å². The lowest BCUT2D eigenvalue weighted by Crippen LogP contribution is -2.38. The first-order valence-corrected chi connectivity index (χ1v) is 8.86. The van der Waals surface area contributed by atoms with Gasteiger partial charge < -0.3 is 10.2 Å². The van der Waals surface area contributed by atoms with Crippen molar-refractivity contribution in [2.75, 3.05) is 19.6 Å². The smallest absolute Gasteiger partial charge is 0.342 e. The van der Waals surface area contributed by atoms with Gasteiger partial charge >= 0.3 is 6.18 Å². The second-order valence-electron chi connectivity index (χ2n) is 6.71. The van der Waals surface area contributed by atoms with Crippen LogP contribution in [0.25, 0.3) is 0 Å². The molecule has 0 saturated carbocycles. The third-order valence-electron chi connectivity index (χ3n) is 4.74. The minimum atomic E-state index is -4.47. The van der Waals surface area contributed by atoms with Crippen molar-refractivity contribution in [1.29, 1.82) is 0 Å². The van der Waals surface area contributed by atoms with E-state index < -0.39 is 18.6 Å². The monoisotopic (exact) mass is 395 g/mol. The molecule has 0 atom stereocenters. The van der Waals surface area contributed by atoms with E-state index in [-0.39, 0.29) is 17.5 Å². The molecule has 28 heavy (non-hydrogen) atoms. The van der Waals surface area contributed by atoms with Gasteiger partial charge in [0.2, 0.25) is 0 Å². The summed E-state index contributed by atoms with van der Waals surface area (Å²) in [5, 5.41) is 8.34. The number of hydrogen-bond acceptors (Lipinski definition) is 4. The van der Waals surface area contributed by atoms with E-state index in [4.69, 9.17) is 0 Å². The van der Waals surface area contributed by atoms with Crippen LogP contribution in [0, 0.1) is 6.92 Å². The Morgan fingerprint density at radius 3 is 2.68 bits per heavy atom. The Kier molecular flexibility index (Phi) is 5.66. The van der Waals surface area contributed by atoms with Gasteiger partial charge in [0.05, 0.1) is 5.56 Å². The molecule has 10 heteroatoms. The second kappa shape index (κ2) is 7.99. The maximum atomic E-state index is 12.6. The zero-order valence-electron chi connectivity index (χ0n) is 15.2. The number of aromatic nitrogens is 3. The van der Waals surface area contributed by atoms with Gasteiger partial charge in [-0.25, -0.2) is 0 Å². The van der Waals surface area contributed by atoms with Crippen LogP contribution in [-0.2, 0) is 0 Å². The van der Waals surface area contributed by atoms with Crippen LogP contribution < -0.4 is 5.32 Å². The van der Waals surface area contributed by atoms with E-state index in [2.05, 4.69) is 15.2 Å². The number of piperidine rings is 1. The van der Waals surface area contributed by atoms with Gasteiger partial charge in [0.1, 0.15) is 12.2 Å². The van der Waals surface area contributed by atoms with Gasteiger partial charge in [-0.15, -0.1) is 0 Å². The van der Waals surface area contributed by atoms with Gasteiger partial charge in [0.25, 0.3) is 11.8 Å². The maximum absolute atomic E-state index is 12.6. The summed E-state index contributed by atoms with van der Waals surface area (Å²) in [6.07, 6.45) is -1.51. The molecule has 150 valence electrons. The lowest BCUT2D eigenvalue weighted by molar-refractivity contribution is -0.123. The number of carbonyl (C=O) groups is 2. The number of rotatable bonds is 4. The van der Waals surface area contributed by atoms with E-state index in [0.29, 0.717) is 42.9 Å². The normalized spacial score (nSPS) is 15.5. The molecule has 2 amide bonds. The van der Waals surface area contributed by atoms with Crippen LogP contribution in [0.2, 0.25) is 0 Å². The molecule has 0 radical (unpaired) electrons. The first kappa shape index (κ1) is 19.8. The number of carbonyl (C=O) groups excluding carboxylic acids is 2. The van der Waals surface area contributed by atoms with Crippen LogP contribution in [0.1, 0.15) is 51.0 Å². The number of likely N-dealkylation sites (tertiary alicyclic amines) is 1. The lowest BCUT2D eigenvalue weighted by Gasteiger charge is -2.31. The van der Waals surface area contributed by atoms with Crippen LogP contribution in [0.3, 0.4) is 0 Å². The molecular formula is C18H20F3N5O2. The molecule has 3 rings (SSSR count). The summed E-state index contributed by atoms with van der Waals surface area (Å²) in [5.41, 5.74) is 1.86. The number of alkyl halides is 3. The van der Waals surface area contributed by atoms with E-state index in [1.165, 1.54) is 6.07 Å². The highest BCUT2D eigenvalue weighted by Crippen LogP contribution is 2.28. The summed E-state index contributed by atoms with van der Waals surface area (Å²) in [4.78, 5) is 30.3. The minimum absolute atomic E-state index is 0.0516. The molecule has 1 aliphatic heterocycles. The number of nitrogens with zero attached hydrogens (tertiary/aromatic N) is 3. The second-order valence-corrected chi connectivity index (χ2v) is 6.71. The molecule has 0 spiro atoms. The van der Waals surface area contributed by atoms with E-state index in [1.54, 1.807) is 35.5 Å². The molecule has 1 saturated heterocycles. The highest BCUT2D eigenvalue weighted by atomic mass is 19.4. The van der Waals surface area contributed by atoms with Crippen molar-refractivity contribution in [3.8, 4) is 0 Å². The zero-order chi connectivity index (χ0) is 20.3. The molecule has 2 aromatic rings. The molecular weight excluding hydrogens is 375 g/mol. The highest BCUT2D eigenvalue weighted by molar-refractivity contribution is 5.95. The van der Waals surface area contributed by atoms with E-state index in [0.717, 1.165) is 0 Å². The summed E-state index contributed by atoms with van der Waals surface area (Å²) < 4.78 is 36.6. The Bertz CT molecular complexity index is 857. The summed E-state index contributed by atoms with van der Waals surface area (Å²) in [6.45, 7) is 1.46. The zero-order valence-corrected chi connectivity index (χ0v) is 15.2. The molecule has 0 bridgehead atoms. The van der Waals surface area contributed by atoms with Crippen LogP contribution in [0.4, 0.5) is 13.2 Å². The van der Waals surface area contributed by atoms with Crippen LogP contribution >= 0.6 is 0 Å². The number of hydrogen-bond donors (Lipinski definition) is 2. The van der Waals surface area contributed by atoms with Crippen molar-refractivity contribution in [3.63, 3.8) is 0 Å². The van der Waals surface area contributed by atoms with Gasteiger partial charge in [0, 0.05) is 36.6 Å². The van der Waals surface area contributed by atoms with Crippen molar-refractivity contribution in [3.05, 3.63) is 47.0 Å². The Balaban J connectivity index is 1.57. The van der Waals surface area contributed by atoms with Gasteiger partial charge in [-0.3, -0.25) is 19.7 Å². The summed E-state index contributed by atoms with van der Waals surface area (Å²) in [7, 11) is 0. The molecule has 0 unspecified atom stereocenters. The predicted molar refractivity (Wildman–Crippen MR) is 93.8 cm³/mol. The van der Waals surface area contributed by atoms with Crippen LogP contribution in [-0.4, -0.2) is 57.7 Å². The maximum Gasteiger partial charge on any atom is 0.405 e. The summed E-state index contributed by atoms with van der Waals surface area (Å²) in [6, 6.07) is 4.94. The van der Waals surface area contributed by atoms with E-state index >= 15 is 0 Å². The van der Waals surface area contributed by atoms with Crippen LogP contribution in [0.15, 0.2) is 24.4 Å². The fraction of sp³-hybridized carbons (Fsp3) is 0.444. The van der Waals surface area contributed by atoms with Gasteiger partial charge in [-0.2, -0.15) is 18.3 Å². The average molecular weight is 395 g/mol. The number of nitrogens with one attached hydrogen (secondary N) is 2. The topological polar surface area (TPSA) is 91.0 Å². The molecule has 1 fully saturated rings. The lowest BCUT2D eigenvalue weighted by atomic mass is 9.93. The molecule has 1 aliphatic rings. The number of aryl methyl sites for hydroxylation is 1. The third-order valence-corrected chi connectivity index (χ3v) is 4.74. The average Bonchev–Trinajstić information content (AvgIpc) is 3.16. The van der Waals surface area contributed by atoms with Crippen molar-refractivity contribution >= 4 is 11.8 Å². The quantitative estimate of drug-likeness (QED) is 0.832. The third kappa shape index (κ3) is 4.68. The molecule has 2 aromatic heterocycles. The van der Waals surface area contributed by atoms with Crippen molar-refractivity contribution in [2.24, 2.45) is 0 Å². The first-order chi connectivity index (χ1) is 13.2. The molecule has 2 N–H and O–H groups in total. The molecule has 0 aromatic carbocycles. The number of amides is 2. The number of H-pyrrole nitrogens is 1. The number of halogens is 3. The van der Waals surface area contributed by atoms with E-state index in [1.807, 2.05) is 0 Å². The van der Waals surface area contributed by atoms with Crippen molar-refractivity contribution < 1.29 is 22.8 Å². The largest absolute Gasteiger partial charge is 0.405 e. The summed E-state index contributed by atoms with van der Waals surface area (Å²) in [5.74, 6) is -0.893. The van der Waals surface area contributed by atoms with E-state index in [9.17, 15) is 22.8 Å². The number of pyridine rings is 1. The molecule has 7 nitrogen and oxygen atoms in total. The first-order valence-electron chi connectivity index (χ1n) is 8.86. The van der Waals surface area contributed by atoms with Crippen molar-refractivity contribution in [2.45, 2.75) is 31.9 Å². The Morgan fingerprint density at radius 1 is 1.32 bits per heavy atom. The predicted octanol–water partition coefficient (Wildman–Crippen LogP) is 2.43. The number of aromatic amines is 1. The molecule has 0 aliphatic carbocycles. The SMILES string of the molecule is Cc1ncccc1C(=O)N1CCC(c2cc(C(=O)NCC(F)(F)F)n[nH]2)CC1. The fourth-order valence-electron chi connectivity index (χ4n) is 3.21. The van der Waals surface area contributed by atoms with Crippen LogP contribution in [0.5, 0.6) is 0 Å². The summed E-state index contributed by atoms with van der Waals surface area (Å²) >= 11 is 0. The highest BCUT2D eigenvalue weighted by Gasteiger charge is 2.29. The van der Waals surface area contributed by atoms with Crippen molar-refractivity contribution in [1.82, 2.24) is 25.4 Å². The standard InChI is InChI=1S/C18H20F3N5O2/c1-11-13(3-2-6-22-11)17(28)26-7-4-12(5-8-26)14-9-15(25-24-14)16(27)23-10-18(19,20)21/h2-3,6,9,12H,4-5,7-8,10H2,1H3,(H,23,27)(H,24,25).